The van der Waals surface area contributed by atoms with Gasteiger partial charge in [-0.3, -0.25) is 0 Å². The molecule has 0 aromatic carbocycles. The molecule has 1 rings (SSSR count). The van der Waals surface area contributed by atoms with Gasteiger partial charge in [0.1, 0.15) is 0 Å². The third-order valence-electron chi connectivity index (χ3n) is 2.07. The minimum absolute atomic E-state index is 0.319. The van der Waals surface area contributed by atoms with Gasteiger partial charge in [-0.05, 0) is 6.42 Å². The monoisotopic (exact) mass is 159 g/mol. The highest BCUT2D eigenvalue weighted by atomic mass is 16.7. The summed E-state index contributed by atoms with van der Waals surface area (Å²) in [5, 5.41) is 9.51. The topological polar surface area (TPSA) is 38.7 Å². The van der Waals surface area contributed by atoms with E-state index in [4.69, 9.17) is 9.31 Å². The largest absolute Gasteiger partial charge is 0.559 e. The Morgan fingerprint density at radius 1 is 1.18 bits per heavy atom. The van der Waals surface area contributed by atoms with Crippen LogP contribution in [0.25, 0.3) is 0 Å². The number of rotatable bonds is 0. The van der Waals surface area contributed by atoms with E-state index in [1.54, 1.807) is 0 Å². The van der Waals surface area contributed by atoms with Crippen LogP contribution in [0.3, 0.4) is 0 Å². The summed E-state index contributed by atoms with van der Waals surface area (Å²) < 4.78 is 10.5. The molecule has 0 atom stereocenters. The highest BCUT2D eigenvalue weighted by Gasteiger charge is 2.39. The zero-order chi connectivity index (χ0) is 8.54. The van der Waals surface area contributed by atoms with Crippen LogP contribution in [0.2, 0.25) is 5.31 Å². The Labute approximate surface area is 67.7 Å². The SMILES string of the molecule is CC(C)(C)[B-]1(O)OCCCO1. The van der Waals surface area contributed by atoms with Crippen molar-refractivity contribution < 1.29 is 14.3 Å². The van der Waals surface area contributed by atoms with Crippen LogP contribution < -0.4 is 0 Å². The van der Waals surface area contributed by atoms with Gasteiger partial charge < -0.3 is 14.3 Å². The Morgan fingerprint density at radius 2 is 1.64 bits per heavy atom. The Balaban J connectivity index is 2.64. The van der Waals surface area contributed by atoms with E-state index in [9.17, 15) is 5.02 Å². The Bertz CT molecular complexity index is 135. The molecule has 0 aromatic rings. The van der Waals surface area contributed by atoms with Crippen molar-refractivity contribution in [1.29, 1.82) is 0 Å². The van der Waals surface area contributed by atoms with Gasteiger partial charge in [-0.15, -0.1) is 0 Å². The van der Waals surface area contributed by atoms with Crippen LogP contribution in [0.15, 0.2) is 0 Å². The summed E-state index contributed by atoms with van der Waals surface area (Å²) in [6.45, 7) is 4.92. The van der Waals surface area contributed by atoms with Gasteiger partial charge in [-0.2, -0.15) is 0 Å². The maximum absolute atomic E-state index is 9.83. The summed E-state index contributed by atoms with van der Waals surface area (Å²) in [4.78, 5) is 0. The van der Waals surface area contributed by atoms with E-state index in [0.717, 1.165) is 6.42 Å². The van der Waals surface area contributed by atoms with E-state index in [0.29, 0.717) is 13.2 Å². The normalized spacial score (nSPS) is 25.1. The van der Waals surface area contributed by atoms with Crippen LogP contribution in [0.1, 0.15) is 27.2 Å². The lowest BCUT2D eigenvalue weighted by atomic mass is 9.53. The van der Waals surface area contributed by atoms with Crippen molar-refractivity contribution in [3.8, 4) is 0 Å². The molecule has 3 nitrogen and oxygen atoms in total. The quantitative estimate of drug-likeness (QED) is 0.539. The van der Waals surface area contributed by atoms with Crippen molar-refractivity contribution in [2.45, 2.75) is 32.5 Å². The van der Waals surface area contributed by atoms with Crippen molar-refractivity contribution in [3.05, 3.63) is 0 Å². The van der Waals surface area contributed by atoms with Crippen molar-refractivity contribution in [1.82, 2.24) is 0 Å². The highest BCUT2D eigenvalue weighted by molar-refractivity contribution is 6.62. The zero-order valence-corrected chi connectivity index (χ0v) is 7.46. The van der Waals surface area contributed by atoms with Gasteiger partial charge in [0.2, 0.25) is 0 Å². The highest BCUT2D eigenvalue weighted by Crippen LogP contribution is 2.36. The fourth-order valence-corrected chi connectivity index (χ4v) is 1.09. The molecule has 0 unspecified atom stereocenters. The van der Waals surface area contributed by atoms with Crippen molar-refractivity contribution >= 4 is 6.75 Å². The lowest BCUT2D eigenvalue weighted by Gasteiger charge is -2.49. The summed E-state index contributed by atoms with van der Waals surface area (Å²) in [6, 6.07) is 0. The first-order valence-electron chi connectivity index (χ1n) is 4.10. The van der Waals surface area contributed by atoms with E-state index in [2.05, 4.69) is 0 Å². The summed E-state index contributed by atoms with van der Waals surface area (Å²) in [7, 11) is 0. The molecular weight excluding hydrogens is 143 g/mol. The van der Waals surface area contributed by atoms with E-state index in [1.165, 1.54) is 0 Å². The molecule has 0 saturated carbocycles. The molecule has 0 spiro atoms. The minimum Gasteiger partial charge on any atom is -0.559 e. The van der Waals surface area contributed by atoms with Crippen LogP contribution in [-0.2, 0) is 9.31 Å². The molecule has 1 aliphatic rings. The van der Waals surface area contributed by atoms with Gasteiger partial charge in [0.15, 0.2) is 0 Å². The van der Waals surface area contributed by atoms with Gasteiger partial charge in [0.25, 0.3) is 0 Å². The van der Waals surface area contributed by atoms with E-state index in [1.807, 2.05) is 20.8 Å². The summed E-state index contributed by atoms with van der Waals surface area (Å²) in [6.07, 6.45) is 0.875. The smallest absolute Gasteiger partial charge is 0.381 e. The molecule has 66 valence electrons. The molecule has 1 aliphatic heterocycles. The fourth-order valence-electron chi connectivity index (χ4n) is 1.09. The van der Waals surface area contributed by atoms with E-state index >= 15 is 0 Å². The van der Waals surface area contributed by atoms with Crippen LogP contribution in [0.5, 0.6) is 0 Å². The van der Waals surface area contributed by atoms with Crippen molar-refractivity contribution in [3.63, 3.8) is 0 Å². The summed E-state index contributed by atoms with van der Waals surface area (Å²) >= 11 is 0. The van der Waals surface area contributed by atoms with Crippen LogP contribution >= 0.6 is 0 Å². The predicted octanol–water partition coefficient (Wildman–Crippen LogP) is 1.15. The third kappa shape index (κ3) is 1.75. The van der Waals surface area contributed by atoms with E-state index in [-0.39, 0.29) is 5.31 Å². The Kier molecular flexibility index (Phi) is 2.28. The zero-order valence-electron chi connectivity index (χ0n) is 7.46. The van der Waals surface area contributed by atoms with Crippen molar-refractivity contribution in [2.24, 2.45) is 0 Å². The lowest BCUT2D eigenvalue weighted by Crippen LogP contribution is -2.53. The molecular formula is C7H16BO3-. The van der Waals surface area contributed by atoms with Gasteiger partial charge in [0.05, 0.1) is 0 Å². The second-order valence-corrected chi connectivity index (χ2v) is 4.13. The van der Waals surface area contributed by atoms with Gasteiger partial charge in [-0.25, -0.2) is 0 Å². The van der Waals surface area contributed by atoms with Gasteiger partial charge in [0, 0.05) is 13.2 Å². The minimum atomic E-state index is -2.04. The molecule has 0 bridgehead atoms. The first-order valence-corrected chi connectivity index (χ1v) is 4.10. The first kappa shape index (κ1) is 9.04. The molecule has 11 heavy (non-hydrogen) atoms. The molecule has 0 aliphatic carbocycles. The molecule has 0 radical (unpaired) electrons. The maximum atomic E-state index is 9.83. The molecule has 1 N–H and O–H groups in total. The molecule has 1 saturated heterocycles. The van der Waals surface area contributed by atoms with Crippen LogP contribution in [0.4, 0.5) is 0 Å². The van der Waals surface area contributed by atoms with Gasteiger partial charge in [-0.1, -0.05) is 26.1 Å². The molecule has 1 heterocycles. The molecule has 1 fully saturated rings. The first-order chi connectivity index (χ1) is 4.96. The predicted molar refractivity (Wildman–Crippen MR) is 44.2 cm³/mol. The Morgan fingerprint density at radius 3 is 1.91 bits per heavy atom. The van der Waals surface area contributed by atoms with Crippen molar-refractivity contribution in [2.75, 3.05) is 13.2 Å². The van der Waals surface area contributed by atoms with Gasteiger partial charge >= 0.3 is 6.75 Å². The molecule has 0 amide bonds. The number of hydrogen-bond donors (Lipinski definition) is 1. The average molecular weight is 159 g/mol. The maximum Gasteiger partial charge on any atom is 0.381 e. The second kappa shape index (κ2) is 2.77. The standard InChI is InChI=1S/C7H16BO3/c1-7(2,3)8(9)10-5-4-6-11-8/h9H,4-6H2,1-3H3/q-1. The molecule has 4 heteroatoms. The Hall–Kier alpha value is -0.0551. The number of hydrogen-bond acceptors (Lipinski definition) is 3. The lowest BCUT2D eigenvalue weighted by molar-refractivity contribution is 0.0328. The summed E-state index contributed by atoms with van der Waals surface area (Å²) in [5.41, 5.74) is 0. The fraction of sp³-hybridized carbons (Fsp3) is 1.00. The van der Waals surface area contributed by atoms with E-state index < -0.39 is 6.75 Å². The van der Waals surface area contributed by atoms with Crippen LogP contribution in [-0.4, -0.2) is 25.0 Å². The molecule has 0 aromatic heterocycles. The average Bonchev–Trinajstić information content (AvgIpc) is 1.87. The third-order valence-corrected chi connectivity index (χ3v) is 2.07. The summed E-state index contributed by atoms with van der Waals surface area (Å²) in [5.74, 6) is 0. The second-order valence-electron chi connectivity index (χ2n) is 4.13. The van der Waals surface area contributed by atoms with Crippen LogP contribution in [0, 0.1) is 0 Å².